The average molecular weight is 821 g/mol. The Balaban J connectivity index is 1.09. The smallest absolute Gasteiger partial charge is 0.171 e. The summed E-state index contributed by atoms with van der Waals surface area (Å²) in [6, 6.07) is 81.0. The minimum absolute atomic E-state index is 0.776. The van der Waals surface area contributed by atoms with Gasteiger partial charge in [0.1, 0.15) is 0 Å². The molecule has 12 aromatic rings. The van der Waals surface area contributed by atoms with E-state index in [4.69, 9.17) is 0 Å². The van der Waals surface area contributed by atoms with Crippen LogP contribution < -0.4 is 15.9 Å². The molecule has 4 heteroatoms. The summed E-state index contributed by atoms with van der Waals surface area (Å²) in [5, 5.41) is 9.93. The molecule has 14 rings (SSSR count). The first-order valence-corrected chi connectivity index (χ1v) is 23.4. The molecule has 0 fully saturated rings. The summed E-state index contributed by atoms with van der Waals surface area (Å²) in [5.74, 6) is 0. The second kappa shape index (κ2) is 12.7. The molecule has 294 valence electrons. The minimum Gasteiger partial charge on any atom is -0.309 e. The van der Waals surface area contributed by atoms with Crippen molar-refractivity contribution in [3.8, 4) is 22.5 Å². The highest BCUT2D eigenvalue weighted by Crippen LogP contribution is 2.61. The third kappa shape index (κ3) is 4.47. The lowest BCUT2D eigenvalue weighted by Gasteiger charge is -2.47. The fourth-order valence-electron chi connectivity index (χ4n) is 11.6. The van der Waals surface area contributed by atoms with Crippen molar-refractivity contribution in [2.45, 2.75) is 5.41 Å². The van der Waals surface area contributed by atoms with Gasteiger partial charge in [0.2, 0.25) is 0 Å². The highest BCUT2D eigenvalue weighted by molar-refractivity contribution is 7.85. The maximum atomic E-state index is 16.6. The number of nitrogens with zero attached hydrogens (tertiary/aromatic N) is 2. The maximum absolute atomic E-state index is 16.6. The van der Waals surface area contributed by atoms with Crippen LogP contribution in [0.2, 0.25) is 0 Å². The number of aromatic nitrogens is 2. The van der Waals surface area contributed by atoms with E-state index in [0.29, 0.717) is 0 Å². The molecule has 1 spiro atoms. The van der Waals surface area contributed by atoms with E-state index in [0.717, 1.165) is 55.1 Å². The summed E-state index contributed by atoms with van der Waals surface area (Å²) in [6.07, 6.45) is 0. The quantitative estimate of drug-likeness (QED) is 0.163. The SMILES string of the molecule is O=P1(c2ccccc2)c2ccccc2C2(c3ccccc3-n3c4ccccc4c4cccc2c43)c2cc(-c3ccc4c(c3)c3ccccc3n4-c3ccc4ccccc4c3)ccc21. The van der Waals surface area contributed by atoms with E-state index in [9.17, 15) is 0 Å². The van der Waals surface area contributed by atoms with Crippen LogP contribution in [-0.2, 0) is 9.98 Å². The molecule has 0 bridgehead atoms. The molecule has 3 nitrogen and oxygen atoms in total. The number of para-hydroxylation sites is 4. The van der Waals surface area contributed by atoms with Crippen molar-refractivity contribution >= 4 is 77.4 Å². The Labute approximate surface area is 364 Å². The Morgan fingerprint density at radius 3 is 1.83 bits per heavy atom. The average Bonchev–Trinajstić information content (AvgIpc) is 3.87. The zero-order valence-electron chi connectivity index (χ0n) is 34.1. The van der Waals surface area contributed by atoms with Crippen molar-refractivity contribution in [1.82, 2.24) is 9.13 Å². The monoisotopic (exact) mass is 820 g/mol. The Morgan fingerprint density at radius 1 is 0.365 bits per heavy atom. The molecular formula is C59H37N2OP. The van der Waals surface area contributed by atoms with E-state index < -0.39 is 12.6 Å². The second-order valence-electron chi connectivity index (χ2n) is 17.1. The third-order valence-electron chi connectivity index (χ3n) is 14.2. The molecule has 2 aliphatic heterocycles. The van der Waals surface area contributed by atoms with E-state index in [-0.39, 0.29) is 0 Å². The van der Waals surface area contributed by atoms with Gasteiger partial charge in [0.15, 0.2) is 7.14 Å². The fraction of sp³-hybridized carbons (Fsp3) is 0.0169. The Hall–Kier alpha value is -7.71. The molecule has 0 amide bonds. The number of fused-ring (bicyclic) bond motifs is 15. The molecule has 2 atom stereocenters. The lowest BCUT2D eigenvalue weighted by molar-refractivity contribution is 0.590. The van der Waals surface area contributed by atoms with Crippen molar-refractivity contribution in [3.63, 3.8) is 0 Å². The van der Waals surface area contributed by atoms with Gasteiger partial charge in [-0.2, -0.15) is 0 Å². The van der Waals surface area contributed by atoms with Crippen molar-refractivity contribution in [2.75, 3.05) is 0 Å². The summed E-state index contributed by atoms with van der Waals surface area (Å²) < 4.78 is 21.5. The topological polar surface area (TPSA) is 26.9 Å². The first-order chi connectivity index (χ1) is 31.1. The lowest BCUT2D eigenvalue weighted by Crippen LogP contribution is -2.48. The summed E-state index contributed by atoms with van der Waals surface area (Å²) in [4.78, 5) is 0. The maximum Gasteiger partial charge on any atom is 0.171 e. The molecule has 0 aliphatic carbocycles. The molecule has 0 radical (unpaired) electrons. The number of rotatable bonds is 3. The van der Waals surface area contributed by atoms with Crippen LogP contribution in [0, 0.1) is 0 Å². The van der Waals surface area contributed by atoms with Crippen LogP contribution in [0.1, 0.15) is 22.3 Å². The van der Waals surface area contributed by atoms with E-state index in [1.807, 2.05) is 18.2 Å². The van der Waals surface area contributed by atoms with E-state index >= 15 is 4.57 Å². The molecule has 0 saturated carbocycles. The summed E-state index contributed by atoms with van der Waals surface area (Å²) >= 11 is 0. The van der Waals surface area contributed by atoms with Gasteiger partial charge < -0.3 is 13.7 Å². The molecule has 2 aliphatic rings. The van der Waals surface area contributed by atoms with Gasteiger partial charge in [-0.3, -0.25) is 0 Å². The van der Waals surface area contributed by atoms with Crippen LogP contribution in [0.15, 0.2) is 224 Å². The van der Waals surface area contributed by atoms with Gasteiger partial charge in [-0.1, -0.05) is 170 Å². The molecule has 0 N–H and O–H groups in total. The van der Waals surface area contributed by atoms with Crippen molar-refractivity contribution in [1.29, 1.82) is 0 Å². The Morgan fingerprint density at radius 2 is 0.968 bits per heavy atom. The Bertz CT molecular complexity index is 3970. The molecule has 0 saturated heterocycles. The fourth-order valence-corrected chi connectivity index (χ4v) is 14.7. The number of hydrogen-bond acceptors (Lipinski definition) is 1. The van der Waals surface area contributed by atoms with Crippen LogP contribution >= 0.6 is 7.14 Å². The molecule has 10 aromatic carbocycles. The predicted octanol–water partition coefficient (Wildman–Crippen LogP) is 13.3. The minimum atomic E-state index is -3.38. The number of hydrogen-bond donors (Lipinski definition) is 0. The number of benzene rings is 10. The van der Waals surface area contributed by atoms with E-state index in [2.05, 4.69) is 215 Å². The first-order valence-electron chi connectivity index (χ1n) is 21.7. The first kappa shape index (κ1) is 34.9. The van der Waals surface area contributed by atoms with Crippen LogP contribution in [0.4, 0.5) is 0 Å². The highest BCUT2D eigenvalue weighted by atomic mass is 31.2. The zero-order valence-corrected chi connectivity index (χ0v) is 35.0. The van der Waals surface area contributed by atoms with Gasteiger partial charge >= 0.3 is 0 Å². The largest absolute Gasteiger partial charge is 0.309 e. The van der Waals surface area contributed by atoms with Gasteiger partial charge in [0.25, 0.3) is 0 Å². The van der Waals surface area contributed by atoms with E-state index in [1.54, 1.807) is 0 Å². The highest BCUT2D eigenvalue weighted by Gasteiger charge is 2.54. The van der Waals surface area contributed by atoms with Gasteiger partial charge in [-0.15, -0.1) is 0 Å². The molecule has 2 aromatic heterocycles. The third-order valence-corrected chi connectivity index (χ3v) is 17.3. The summed E-state index contributed by atoms with van der Waals surface area (Å²) in [7, 11) is -3.38. The van der Waals surface area contributed by atoms with E-state index in [1.165, 1.54) is 60.0 Å². The van der Waals surface area contributed by atoms with Gasteiger partial charge in [0.05, 0.1) is 33.2 Å². The van der Waals surface area contributed by atoms with Crippen LogP contribution in [0.3, 0.4) is 0 Å². The predicted molar refractivity (Wildman–Crippen MR) is 263 cm³/mol. The Kier molecular flexibility index (Phi) is 7.03. The molecule has 4 heterocycles. The van der Waals surface area contributed by atoms with Crippen LogP contribution in [0.25, 0.3) is 76.9 Å². The molecular weight excluding hydrogens is 784 g/mol. The lowest BCUT2D eigenvalue weighted by atomic mass is 9.62. The van der Waals surface area contributed by atoms with Crippen LogP contribution in [-0.4, -0.2) is 9.13 Å². The summed E-state index contributed by atoms with van der Waals surface area (Å²) in [5.41, 5.74) is 13.0. The zero-order chi connectivity index (χ0) is 41.4. The normalized spacial score (nSPS) is 17.4. The van der Waals surface area contributed by atoms with Gasteiger partial charge in [-0.05, 0) is 98.8 Å². The van der Waals surface area contributed by atoms with Crippen molar-refractivity contribution in [3.05, 3.63) is 247 Å². The van der Waals surface area contributed by atoms with Crippen molar-refractivity contribution in [2.24, 2.45) is 0 Å². The molecule has 63 heavy (non-hydrogen) atoms. The standard InChI is InChI=1S/C59H37N2OP/c62-63(43-17-2-1-3-18-43)56-28-13-9-23-49(56)59(48-22-8-12-27-55(48)61-53-26-11-6-19-44(53)46-21-14-24-50(59)58(46)61)51-37-41(31-34-57(51)63)40-30-33-54-47(36-40)45-20-7-10-25-52(45)60(54)42-32-29-38-15-4-5-16-39(38)35-42/h1-37H. The van der Waals surface area contributed by atoms with Crippen molar-refractivity contribution < 1.29 is 4.57 Å². The van der Waals surface area contributed by atoms with Crippen LogP contribution in [0.5, 0.6) is 0 Å². The van der Waals surface area contributed by atoms with Gasteiger partial charge in [0, 0.05) is 43.1 Å². The molecule has 2 unspecified atom stereocenters. The summed E-state index contributed by atoms with van der Waals surface area (Å²) in [6.45, 7) is 0. The van der Waals surface area contributed by atoms with Gasteiger partial charge in [-0.25, -0.2) is 0 Å². The second-order valence-corrected chi connectivity index (χ2v) is 19.8.